The number of aromatic amines is 1. The lowest BCUT2D eigenvalue weighted by atomic mass is 9.88. The van der Waals surface area contributed by atoms with E-state index in [2.05, 4.69) is 29.8 Å². The molecule has 2 heterocycles. The van der Waals surface area contributed by atoms with Gasteiger partial charge in [-0.3, -0.25) is 0 Å². The second-order valence-electron chi connectivity index (χ2n) is 8.99. The molecule has 15 heteroatoms. The summed E-state index contributed by atoms with van der Waals surface area (Å²) < 4.78 is 84.7. The molecule has 0 saturated carbocycles. The first-order chi connectivity index (χ1) is 20.4. The minimum atomic E-state index is -5.39. The lowest BCUT2D eigenvalue weighted by Crippen LogP contribution is -2.27. The molecule has 0 amide bonds. The second kappa shape index (κ2) is 13.4. The van der Waals surface area contributed by atoms with E-state index in [4.69, 9.17) is 4.74 Å². The van der Waals surface area contributed by atoms with Gasteiger partial charge in [-0.2, -0.15) is 13.2 Å². The molecule has 0 spiro atoms. The molecule has 0 aliphatic heterocycles. The number of nitrogens with zero attached hydrogens (tertiary/aromatic N) is 1. The maximum Gasteiger partial charge on any atom is 0.573 e. The molecule has 4 rings (SSSR count). The molecule has 0 bridgehead atoms. The third kappa shape index (κ3) is 9.02. The van der Waals surface area contributed by atoms with E-state index in [-0.39, 0.29) is 0 Å². The van der Waals surface area contributed by atoms with Gasteiger partial charge in [0.15, 0.2) is 0 Å². The third-order valence-corrected chi connectivity index (χ3v) is 5.95. The Morgan fingerprint density at radius 3 is 2.35 bits per heavy atom. The minimum absolute atomic E-state index is 0.301. The minimum Gasteiger partial charge on any atom is -0.493 e. The first kappa shape index (κ1) is 31.0. The Kier molecular flexibility index (Phi) is 9.63. The van der Waals surface area contributed by atoms with Gasteiger partial charge in [-0.25, -0.2) is 24.3 Å². The second-order valence-corrected chi connectivity index (χ2v) is 8.99. The number of hydrogen-bond acceptors (Lipinski definition) is 8. The SMILES string of the molecule is O=C(CC(c1ccc(OC(F)(F)F)cc1)c1c[nH]c2cc(OCCCNc3ccccn3)ccc12)OOC(=O)C(F)(F)F. The van der Waals surface area contributed by atoms with Crippen LogP contribution in [0.4, 0.5) is 32.2 Å². The number of benzene rings is 2. The number of halogens is 6. The monoisotopic (exact) mass is 611 g/mol. The lowest BCUT2D eigenvalue weighted by Gasteiger charge is -2.17. The number of rotatable bonds is 11. The van der Waals surface area contributed by atoms with Crippen molar-refractivity contribution < 1.29 is 55.2 Å². The fourth-order valence-corrected chi connectivity index (χ4v) is 4.09. The maximum atomic E-state index is 12.6. The van der Waals surface area contributed by atoms with Gasteiger partial charge < -0.3 is 19.8 Å². The van der Waals surface area contributed by atoms with E-state index in [1.165, 1.54) is 18.3 Å². The highest BCUT2D eigenvalue weighted by molar-refractivity contribution is 5.86. The van der Waals surface area contributed by atoms with Gasteiger partial charge in [0.2, 0.25) is 0 Å². The van der Waals surface area contributed by atoms with Crippen LogP contribution in [0, 0.1) is 0 Å². The van der Waals surface area contributed by atoms with Crippen LogP contribution in [0.3, 0.4) is 0 Å². The summed E-state index contributed by atoms with van der Waals surface area (Å²) in [6.45, 7) is 1.01. The van der Waals surface area contributed by atoms with E-state index in [1.807, 2.05) is 18.2 Å². The largest absolute Gasteiger partial charge is 0.573 e. The molecule has 2 aromatic carbocycles. The number of carbonyl (C=O) groups is 2. The average molecular weight is 611 g/mol. The van der Waals surface area contributed by atoms with Gasteiger partial charge in [-0.05, 0) is 53.9 Å². The van der Waals surface area contributed by atoms with Crippen molar-refractivity contribution in [2.24, 2.45) is 0 Å². The van der Waals surface area contributed by atoms with Crippen LogP contribution in [0.1, 0.15) is 29.9 Å². The summed E-state index contributed by atoms with van der Waals surface area (Å²) in [7, 11) is 0. The van der Waals surface area contributed by atoms with Gasteiger partial charge in [0.25, 0.3) is 0 Å². The van der Waals surface area contributed by atoms with Crippen molar-refractivity contribution in [1.29, 1.82) is 0 Å². The van der Waals surface area contributed by atoms with Crippen LogP contribution < -0.4 is 14.8 Å². The van der Waals surface area contributed by atoms with E-state index < -0.39 is 42.6 Å². The highest BCUT2D eigenvalue weighted by atomic mass is 19.4. The number of nitrogens with one attached hydrogen (secondary N) is 2. The summed E-state index contributed by atoms with van der Waals surface area (Å²) in [6, 6.07) is 15.1. The van der Waals surface area contributed by atoms with Crippen molar-refractivity contribution in [1.82, 2.24) is 9.97 Å². The number of hydrogen-bond donors (Lipinski definition) is 2. The van der Waals surface area contributed by atoms with Crippen molar-refractivity contribution in [2.45, 2.75) is 31.3 Å². The Labute approximate surface area is 239 Å². The first-order valence-electron chi connectivity index (χ1n) is 12.6. The summed E-state index contributed by atoms with van der Waals surface area (Å²) in [5.74, 6) is -4.24. The highest BCUT2D eigenvalue weighted by Gasteiger charge is 2.43. The molecule has 228 valence electrons. The Hall–Kier alpha value is -4.95. The molecule has 1 atom stereocenters. The number of fused-ring (bicyclic) bond motifs is 1. The number of alkyl halides is 6. The summed E-state index contributed by atoms with van der Waals surface area (Å²) in [4.78, 5) is 38.2. The van der Waals surface area contributed by atoms with Crippen LogP contribution in [0.2, 0.25) is 0 Å². The van der Waals surface area contributed by atoms with E-state index >= 15 is 0 Å². The topological polar surface area (TPSA) is 112 Å². The van der Waals surface area contributed by atoms with Crippen LogP contribution >= 0.6 is 0 Å². The smallest absolute Gasteiger partial charge is 0.493 e. The average Bonchev–Trinajstić information content (AvgIpc) is 3.37. The molecular formula is C28H23F6N3O6. The maximum absolute atomic E-state index is 12.6. The number of ether oxygens (including phenoxy) is 2. The fraction of sp³-hybridized carbons (Fsp3) is 0.250. The molecule has 0 aliphatic carbocycles. The molecule has 0 aliphatic rings. The molecule has 0 saturated heterocycles. The van der Waals surface area contributed by atoms with Crippen LogP contribution in [-0.2, 0) is 19.4 Å². The molecule has 43 heavy (non-hydrogen) atoms. The predicted molar refractivity (Wildman–Crippen MR) is 139 cm³/mol. The number of H-pyrrole nitrogens is 1. The molecule has 1 unspecified atom stereocenters. The van der Waals surface area contributed by atoms with E-state index in [9.17, 15) is 35.9 Å². The molecule has 4 aromatic rings. The standard InChI is InChI=1S/C28H23F6N3O6/c29-27(30,31)26(39)43-42-25(38)15-21(17-5-7-18(8-6-17)41-28(32,33)34)22-16-37-23-14-19(9-10-20(22)23)40-13-3-12-36-24-4-1-2-11-35-24/h1-2,4-11,14,16,21,37H,3,12-13,15H2,(H,35,36). The van der Waals surface area contributed by atoms with Crippen molar-refractivity contribution >= 4 is 28.7 Å². The summed E-state index contributed by atoms with van der Waals surface area (Å²) >= 11 is 0. The highest BCUT2D eigenvalue weighted by Crippen LogP contribution is 2.36. The zero-order valence-electron chi connectivity index (χ0n) is 22.0. The normalized spacial score (nSPS) is 12.4. The Bertz CT molecular complexity index is 1520. The first-order valence-corrected chi connectivity index (χ1v) is 12.6. The summed E-state index contributed by atoms with van der Waals surface area (Å²) in [5.41, 5.74) is 1.35. The number of aromatic nitrogens is 2. The predicted octanol–water partition coefficient (Wildman–Crippen LogP) is 6.43. The number of anilines is 1. The van der Waals surface area contributed by atoms with E-state index in [1.54, 1.807) is 24.4 Å². The van der Waals surface area contributed by atoms with Crippen LogP contribution in [-0.4, -0.2) is 47.6 Å². The van der Waals surface area contributed by atoms with Crippen LogP contribution in [0.15, 0.2) is 73.1 Å². The Morgan fingerprint density at radius 2 is 1.67 bits per heavy atom. The molecule has 0 radical (unpaired) electrons. The summed E-state index contributed by atoms with van der Waals surface area (Å²) in [5, 5.41) is 3.75. The molecule has 9 nitrogen and oxygen atoms in total. The summed E-state index contributed by atoms with van der Waals surface area (Å²) in [6.07, 6.45) is -7.07. The van der Waals surface area contributed by atoms with E-state index in [0.717, 1.165) is 18.0 Å². The number of carbonyl (C=O) groups excluding carboxylic acids is 2. The Morgan fingerprint density at radius 1 is 0.930 bits per heavy atom. The van der Waals surface area contributed by atoms with Gasteiger partial charge in [0, 0.05) is 41.8 Å². The number of pyridine rings is 1. The van der Waals surface area contributed by atoms with Gasteiger partial charge in [-0.1, -0.05) is 18.2 Å². The molecular weight excluding hydrogens is 588 g/mol. The van der Waals surface area contributed by atoms with Crippen molar-refractivity contribution in [3.63, 3.8) is 0 Å². The zero-order valence-corrected chi connectivity index (χ0v) is 22.0. The van der Waals surface area contributed by atoms with Crippen LogP contribution in [0.25, 0.3) is 10.9 Å². The zero-order chi connectivity index (χ0) is 31.0. The lowest BCUT2D eigenvalue weighted by molar-refractivity contribution is -0.285. The van der Waals surface area contributed by atoms with E-state index in [0.29, 0.717) is 47.4 Å². The van der Waals surface area contributed by atoms with Gasteiger partial charge in [0.05, 0.1) is 13.0 Å². The van der Waals surface area contributed by atoms with Gasteiger partial charge in [0.1, 0.15) is 17.3 Å². The third-order valence-electron chi connectivity index (χ3n) is 5.95. The molecule has 2 N–H and O–H groups in total. The fourth-order valence-electron chi connectivity index (χ4n) is 4.09. The van der Waals surface area contributed by atoms with Crippen molar-refractivity contribution in [3.8, 4) is 11.5 Å². The van der Waals surface area contributed by atoms with Crippen LogP contribution in [0.5, 0.6) is 11.5 Å². The van der Waals surface area contributed by atoms with Gasteiger partial charge >= 0.3 is 24.5 Å². The molecule has 2 aromatic heterocycles. The Balaban J connectivity index is 1.48. The molecule has 0 fully saturated rings. The van der Waals surface area contributed by atoms with Crippen molar-refractivity contribution in [2.75, 3.05) is 18.5 Å². The van der Waals surface area contributed by atoms with Crippen molar-refractivity contribution in [3.05, 3.63) is 84.2 Å². The van der Waals surface area contributed by atoms with Gasteiger partial charge in [-0.15, -0.1) is 13.2 Å². The quantitative estimate of drug-likeness (QED) is 0.0865.